The second-order valence-electron chi connectivity index (χ2n) is 0.937. The maximum absolute atomic E-state index is 10.9. The predicted molar refractivity (Wildman–Crippen MR) is 13.9 cm³/mol. The summed E-state index contributed by atoms with van der Waals surface area (Å²) in [5.41, 5.74) is 0. The van der Waals surface area contributed by atoms with Crippen molar-refractivity contribution in [2.75, 3.05) is 0 Å². The van der Waals surface area contributed by atoms with E-state index in [9.17, 15) is 18.0 Å². The minimum Gasteiger partial charge on any atom is -0.256 e. The molecule has 1 radical (unpaired) electrons. The van der Waals surface area contributed by atoms with Crippen molar-refractivity contribution in [1.29, 1.82) is 0 Å². The standard InChI is InChI=1S/C2F3O4/c3-2(4,5)1(6)8-9-7. The molecule has 0 aliphatic carbocycles. The molecule has 0 aromatic carbocycles. The van der Waals surface area contributed by atoms with Gasteiger partial charge in [0.15, 0.2) is 0 Å². The Bertz CT molecular complexity index is 107. The summed E-state index contributed by atoms with van der Waals surface area (Å²) < 4.78 is 32.8. The molecule has 0 rings (SSSR count). The van der Waals surface area contributed by atoms with Gasteiger partial charge < -0.3 is 0 Å². The average Bonchev–Trinajstić information content (AvgIpc) is 1.64. The lowest BCUT2D eigenvalue weighted by atomic mass is 10.7. The summed E-state index contributed by atoms with van der Waals surface area (Å²) in [6, 6.07) is 0. The van der Waals surface area contributed by atoms with Gasteiger partial charge in [0.05, 0.1) is 0 Å². The van der Waals surface area contributed by atoms with Crippen LogP contribution in [0.3, 0.4) is 0 Å². The van der Waals surface area contributed by atoms with Crippen molar-refractivity contribution in [1.82, 2.24) is 0 Å². The van der Waals surface area contributed by atoms with E-state index in [1.54, 1.807) is 0 Å². The first-order valence-corrected chi connectivity index (χ1v) is 1.56. The number of hydrogen-bond donors (Lipinski definition) is 0. The van der Waals surface area contributed by atoms with Gasteiger partial charge in [-0.05, 0) is 0 Å². The lowest BCUT2D eigenvalue weighted by Crippen LogP contribution is -2.24. The molecule has 0 unspecified atom stereocenters. The van der Waals surface area contributed by atoms with E-state index in [1.165, 1.54) is 0 Å². The predicted octanol–water partition coefficient (Wildman–Crippen LogP) is 0.369. The highest BCUT2D eigenvalue weighted by Crippen LogP contribution is 2.15. The van der Waals surface area contributed by atoms with Crippen molar-refractivity contribution >= 4 is 5.97 Å². The first-order chi connectivity index (χ1) is 3.98. The van der Waals surface area contributed by atoms with Gasteiger partial charge in [-0.3, -0.25) is 4.89 Å². The molecule has 0 aliphatic rings. The third-order valence-corrected chi connectivity index (χ3v) is 0.341. The summed E-state index contributed by atoms with van der Waals surface area (Å²) in [5.74, 6) is -2.67. The zero-order valence-corrected chi connectivity index (χ0v) is 3.77. The minimum atomic E-state index is -5.18. The van der Waals surface area contributed by atoms with Crippen molar-refractivity contribution in [3.05, 3.63) is 0 Å². The van der Waals surface area contributed by atoms with Gasteiger partial charge in [-0.2, -0.15) is 13.2 Å². The Hall–Kier alpha value is -0.820. The molecule has 7 heteroatoms. The molecule has 0 spiro atoms. The summed E-state index contributed by atoms with van der Waals surface area (Å²) in [5, 5.41) is 11.0. The van der Waals surface area contributed by atoms with E-state index in [4.69, 9.17) is 5.26 Å². The van der Waals surface area contributed by atoms with Gasteiger partial charge >= 0.3 is 12.1 Å². The van der Waals surface area contributed by atoms with E-state index in [1.807, 2.05) is 0 Å². The van der Waals surface area contributed by atoms with E-state index in [-0.39, 0.29) is 0 Å². The normalized spacial score (nSPS) is 11.1. The van der Waals surface area contributed by atoms with Gasteiger partial charge in [0.1, 0.15) is 0 Å². The maximum Gasteiger partial charge on any atom is 0.494 e. The van der Waals surface area contributed by atoms with Crippen molar-refractivity contribution in [3.63, 3.8) is 0 Å². The fourth-order valence-electron chi connectivity index (χ4n) is 0.0781. The van der Waals surface area contributed by atoms with Gasteiger partial charge in [0.2, 0.25) is 0 Å². The van der Waals surface area contributed by atoms with Crippen LogP contribution in [0.5, 0.6) is 0 Å². The van der Waals surface area contributed by atoms with Crippen LogP contribution in [-0.4, -0.2) is 12.1 Å². The van der Waals surface area contributed by atoms with E-state index >= 15 is 0 Å². The summed E-state index contributed by atoms with van der Waals surface area (Å²) >= 11 is 0. The molecule has 0 N–H and O–H groups in total. The third-order valence-electron chi connectivity index (χ3n) is 0.341. The zero-order chi connectivity index (χ0) is 7.49. The highest BCUT2D eigenvalue weighted by Gasteiger charge is 2.42. The fourth-order valence-corrected chi connectivity index (χ4v) is 0.0781. The number of hydrogen-bond acceptors (Lipinski definition) is 3. The number of rotatable bonds is 1. The monoisotopic (exact) mass is 145 g/mol. The Balaban J connectivity index is 3.74. The van der Waals surface area contributed by atoms with Crippen LogP contribution in [0.2, 0.25) is 0 Å². The highest BCUT2D eigenvalue weighted by atomic mass is 19.4. The van der Waals surface area contributed by atoms with Gasteiger partial charge in [-0.25, -0.2) is 4.79 Å². The quantitative estimate of drug-likeness (QED) is 0.395. The molecule has 0 heterocycles. The molecule has 9 heavy (non-hydrogen) atoms. The minimum absolute atomic E-state index is 2.21. The molecule has 0 saturated carbocycles. The van der Waals surface area contributed by atoms with E-state index < -0.39 is 12.1 Å². The Labute approximate surface area is 46.6 Å². The van der Waals surface area contributed by atoms with Crippen LogP contribution < -0.4 is 0 Å². The van der Waals surface area contributed by atoms with Crippen molar-refractivity contribution < 1.29 is 33.1 Å². The Kier molecular flexibility index (Phi) is 2.41. The van der Waals surface area contributed by atoms with E-state index in [2.05, 4.69) is 9.93 Å². The molecular weight excluding hydrogens is 145 g/mol. The molecule has 4 nitrogen and oxygen atoms in total. The molecular formula is C2F3O4. The van der Waals surface area contributed by atoms with Gasteiger partial charge in [0.25, 0.3) is 0 Å². The third kappa shape index (κ3) is 2.88. The lowest BCUT2D eigenvalue weighted by molar-refractivity contribution is -0.506. The Morgan fingerprint density at radius 2 is 1.78 bits per heavy atom. The second kappa shape index (κ2) is 2.65. The summed E-state index contributed by atoms with van der Waals surface area (Å²) in [7, 11) is 0. The Morgan fingerprint density at radius 3 is 1.89 bits per heavy atom. The summed E-state index contributed by atoms with van der Waals surface area (Å²) in [6.07, 6.45) is -5.18. The molecule has 0 aromatic heterocycles. The smallest absolute Gasteiger partial charge is 0.256 e. The first kappa shape index (κ1) is 8.18. The van der Waals surface area contributed by atoms with Crippen molar-refractivity contribution in [3.8, 4) is 0 Å². The summed E-state index contributed by atoms with van der Waals surface area (Å²) in [6.45, 7) is 0. The fraction of sp³-hybridized carbons (Fsp3) is 0.500. The van der Waals surface area contributed by atoms with Crippen LogP contribution in [-0.2, 0) is 20.0 Å². The van der Waals surface area contributed by atoms with E-state index in [0.717, 1.165) is 0 Å². The van der Waals surface area contributed by atoms with Crippen LogP contribution in [0.15, 0.2) is 0 Å². The van der Waals surface area contributed by atoms with Crippen LogP contribution >= 0.6 is 0 Å². The lowest BCUT2D eigenvalue weighted by Gasteiger charge is -1.98. The molecule has 53 valence electrons. The van der Waals surface area contributed by atoms with Crippen molar-refractivity contribution in [2.45, 2.75) is 6.18 Å². The topological polar surface area (TPSA) is 55.4 Å². The second-order valence-corrected chi connectivity index (χ2v) is 0.937. The van der Waals surface area contributed by atoms with Crippen molar-refractivity contribution in [2.24, 2.45) is 0 Å². The van der Waals surface area contributed by atoms with Crippen LogP contribution in [0.25, 0.3) is 0 Å². The number of carbonyl (C=O) groups is 1. The van der Waals surface area contributed by atoms with Gasteiger partial charge in [0, 0.05) is 10.3 Å². The largest absolute Gasteiger partial charge is 0.494 e. The zero-order valence-electron chi connectivity index (χ0n) is 3.77. The molecule has 0 fully saturated rings. The number of alkyl halides is 3. The molecule has 0 atom stereocenters. The van der Waals surface area contributed by atoms with E-state index in [0.29, 0.717) is 0 Å². The van der Waals surface area contributed by atoms with Crippen LogP contribution in [0, 0.1) is 0 Å². The Morgan fingerprint density at radius 1 is 1.33 bits per heavy atom. The molecule has 0 amide bonds. The first-order valence-electron chi connectivity index (χ1n) is 1.56. The van der Waals surface area contributed by atoms with Gasteiger partial charge in [-0.1, -0.05) is 0 Å². The highest BCUT2D eigenvalue weighted by molar-refractivity contribution is 5.74. The average molecular weight is 145 g/mol. The molecule has 0 saturated heterocycles. The maximum atomic E-state index is 10.9. The van der Waals surface area contributed by atoms with Crippen LogP contribution in [0.4, 0.5) is 13.2 Å². The molecule has 0 bridgehead atoms. The number of halogens is 3. The van der Waals surface area contributed by atoms with Gasteiger partial charge in [-0.15, -0.1) is 0 Å². The summed E-state index contributed by atoms with van der Waals surface area (Å²) in [4.78, 5) is 12.0. The number of carbonyl (C=O) groups excluding carboxylic acids is 1. The SMILES string of the molecule is [O]OOC(=O)C(F)(F)F. The molecule has 0 aliphatic heterocycles. The van der Waals surface area contributed by atoms with Crippen LogP contribution in [0.1, 0.15) is 0 Å². The molecule has 0 aromatic rings.